The number of amides is 2. The molecule has 2 aromatic rings. The number of aryl methyl sites for hydroxylation is 1. The zero-order valence-electron chi connectivity index (χ0n) is 12.7. The number of hydrogen-bond acceptors (Lipinski definition) is 5. The van der Waals surface area contributed by atoms with Crippen LogP contribution in [0.5, 0.6) is 0 Å². The van der Waals surface area contributed by atoms with Crippen LogP contribution in [0.4, 0.5) is 10.8 Å². The topological polar surface area (TPSA) is 94.9 Å². The normalized spacial score (nSPS) is 14.5. The van der Waals surface area contributed by atoms with Crippen molar-refractivity contribution in [3.63, 3.8) is 0 Å². The maximum Gasteiger partial charge on any atom is 0.267 e. The van der Waals surface area contributed by atoms with E-state index in [0.29, 0.717) is 33.6 Å². The van der Waals surface area contributed by atoms with E-state index in [1.807, 2.05) is 19.1 Å². The average molecular weight is 361 g/mol. The zero-order valence-corrected chi connectivity index (χ0v) is 14.3. The Balaban J connectivity index is 1.70. The number of anilines is 2. The number of rotatable bonds is 4. The fourth-order valence-electron chi connectivity index (χ4n) is 2.13. The number of carbonyl (C=O) groups is 2. The van der Waals surface area contributed by atoms with Crippen molar-refractivity contribution in [3.8, 4) is 6.07 Å². The van der Waals surface area contributed by atoms with Gasteiger partial charge in [-0.15, -0.1) is 0 Å². The van der Waals surface area contributed by atoms with Gasteiger partial charge in [0.25, 0.3) is 5.91 Å². The van der Waals surface area contributed by atoms with Crippen molar-refractivity contribution in [2.24, 2.45) is 5.41 Å². The predicted molar refractivity (Wildman–Crippen MR) is 92.2 cm³/mol. The molecule has 2 amide bonds. The Morgan fingerprint density at radius 1 is 1.38 bits per heavy atom. The van der Waals surface area contributed by atoms with E-state index in [0.717, 1.165) is 16.9 Å². The third-order valence-electron chi connectivity index (χ3n) is 3.81. The van der Waals surface area contributed by atoms with Gasteiger partial charge in [0.15, 0.2) is 5.13 Å². The van der Waals surface area contributed by atoms with Gasteiger partial charge in [-0.1, -0.05) is 35.1 Å². The number of thiazole rings is 1. The SMILES string of the molecule is Cc1cccc(Cl)c1NC(=O)c1cnc(NC(=O)C2(C#N)CC2)s1. The molecular formula is C16H13ClN4O2S. The number of nitriles is 1. The fourth-order valence-corrected chi connectivity index (χ4v) is 3.11. The summed E-state index contributed by atoms with van der Waals surface area (Å²) in [6.07, 6.45) is 2.49. The molecule has 0 unspecified atom stereocenters. The van der Waals surface area contributed by atoms with Crippen LogP contribution in [0.15, 0.2) is 24.4 Å². The van der Waals surface area contributed by atoms with Gasteiger partial charge < -0.3 is 10.6 Å². The average Bonchev–Trinajstić information content (AvgIpc) is 3.23. The largest absolute Gasteiger partial charge is 0.320 e. The summed E-state index contributed by atoms with van der Waals surface area (Å²) in [4.78, 5) is 28.7. The summed E-state index contributed by atoms with van der Waals surface area (Å²) in [6.45, 7) is 1.84. The van der Waals surface area contributed by atoms with Crippen LogP contribution in [-0.4, -0.2) is 16.8 Å². The van der Waals surface area contributed by atoms with Crippen molar-refractivity contribution < 1.29 is 9.59 Å². The zero-order chi connectivity index (χ0) is 17.3. The summed E-state index contributed by atoms with van der Waals surface area (Å²) in [6, 6.07) is 7.36. The first-order valence-electron chi connectivity index (χ1n) is 7.20. The second-order valence-corrected chi connectivity index (χ2v) is 7.00. The van der Waals surface area contributed by atoms with Gasteiger partial charge in [-0.2, -0.15) is 5.26 Å². The monoisotopic (exact) mass is 360 g/mol. The van der Waals surface area contributed by atoms with Crippen molar-refractivity contribution in [2.45, 2.75) is 19.8 Å². The van der Waals surface area contributed by atoms with Crippen LogP contribution in [0.3, 0.4) is 0 Å². The van der Waals surface area contributed by atoms with Gasteiger partial charge in [-0.25, -0.2) is 4.98 Å². The number of para-hydroxylation sites is 1. The van der Waals surface area contributed by atoms with Crippen LogP contribution in [0, 0.1) is 23.7 Å². The quantitative estimate of drug-likeness (QED) is 0.870. The summed E-state index contributed by atoms with van der Waals surface area (Å²) < 4.78 is 0. The van der Waals surface area contributed by atoms with Crippen molar-refractivity contribution in [2.75, 3.05) is 10.6 Å². The molecule has 0 saturated heterocycles. The maximum absolute atomic E-state index is 12.3. The fraction of sp³-hybridized carbons (Fsp3) is 0.250. The van der Waals surface area contributed by atoms with Crippen LogP contribution >= 0.6 is 22.9 Å². The molecule has 6 nitrogen and oxygen atoms in total. The van der Waals surface area contributed by atoms with Gasteiger partial charge >= 0.3 is 0 Å². The highest BCUT2D eigenvalue weighted by atomic mass is 35.5. The highest BCUT2D eigenvalue weighted by Gasteiger charge is 2.50. The van der Waals surface area contributed by atoms with E-state index in [4.69, 9.17) is 16.9 Å². The Morgan fingerprint density at radius 3 is 2.75 bits per heavy atom. The van der Waals surface area contributed by atoms with Gasteiger partial charge in [0.05, 0.1) is 23.0 Å². The third kappa shape index (κ3) is 3.11. The minimum absolute atomic E-state index is 0.294. The first kappa shape index (κ1) is 16.4. The van der Waals surface area contributed by atoms with Crippen molar-refractivity contribution in [1.29, 1.82) is 5.26 Å². The number of nitrogens with one attached hydrogen (secondary N) is 2. The molecule has 2 N–H and O–H groups in total. The van der Waals surface area contributed by atoms with Crippen LogP contribution in [-0.2, 0) is 4.79 Å². The Kier molecular flexibility index (Phi) is 4.26. The van der Waals surface area contributed by atoms with E-state index in [2.05, 4.69) is 15.6 Å². The number of halogens is 1. The molecule has 0 aliphatic heterocycles. The molecule has 3 rings (SSSR count). The number of hydrogen-bond donors (Lipinski definition) is 2. The summed E-state index contributed by atoms with van der Waals surface area (Å²) in [5.41, 5.74) is 0.464. The minimum atomic E-state index is -0.928. The lowest BCUT2D eigenvalue weighted by Gasteiger charge is -2.08. The van der Waals surface area contributed by atoms with Crippen molar-refractivity contribution in [1.82, 2.24) is 4.98 Å². The second kappa shape index (κ2) is 6.23. The molecular weight excluding hydrogens is 348 g/mol. The first-order valence-corrected chi connectivity index (χ1v) is 8.40. The summed E-state index contributed by atoms with van der Waals surface area (Å²) >= 11 is 7.14. The Morgan fingerprint density at radius 2 is 2.12 bits per heavy atom. The van der Waals surface area contributed by atoms with E-state index >= 15 is 0 Å². The number of nitrogens with zero attached hydrogens (tertiary/aromatic N) is 2. The summed E-state index contributed by atoms with van der Waals surface area (Å²) in [5.74, 6) is -0.723. The molecule has 1 aromatic heterocycles. The molecule has 0 radical (unpaired) electrons. The lowest BCUT2D eigenvalue weighted by atomic mass is 10.1. The first-order chi connectivity index (χ1) is 11.4. The van der Waals surface area contributed by atoms with Gasteiger partial charge in [0.1, 0.15) is 10.3 Å². The molecule has 1 aliphatic carbocycles. The molecule has 1 aromatic carbocycles. The minimum Gasteiger partial charge on any atom is -0.320 e. The van der Waals surface area contributed by atoms with E-state index in [1.165, 1.54) is 6.20 Å². The molecule has 0 atom stereocenters. The highest BCUT2D eigenvalue weighted by molar-refractivity contribution is 7.17. The van der Waals surface area contributed by atoms with Crippen molar-refractivity contribution >= 4 is 45.6 Å². The number of carbonyl (C=O) groups excluding carboxylic acids is 2. The molecule has 24 heavy (non-hydrogen) atoms. The number of benzene rings is 1. The lowest BCUT2D eigenvalue weighted by molar-refractivity contribution is -0.119. The second-order valence-electron chi connectivity index (χ2n) is 5.56. The molecule has 8 heteroatoms. The molecule has 1 aliphatic rings. The van der Waals surface area contributed by atoms with E-state index in [1.54, 1.807) is 12.1 Å². The third-order valence-corrected chi connectivity index (χ3v) is 5.04. The van der Waals surface area contributed by atoms with Crippen LogP contribution in [0.2, 0.25) is 5.02 Å². The molecule has 0 spiro atoms. The van der Waals surface area contributed by atoms with Crippen LogP contribution in [0.1, 0.15) is 28.1 Å². The molecule has 1 heterocycles. The van der Waals surface area contributed by atoms with Gasteiger partial charge in [0, 0.05) is 0 Å². The Hall–Kier alpha value is -2.43. The van der Waals surface area contributed by atoms with Gasteiger partial charge in [-0.05, 0) is 31.4 Å². The number of aromatic nitrogens is 1. The maximum atomic E-state index is 12.3. The van der Waals surface area contributed by atoms with Crippen LogP contribution in [0.25, 0.3) is 0 Å². The standard InChI is InChI=1S/C16H13ClN4O2S/c1-9-3-2-4-10(17)12(9)20-13(22)11-7-19-15(24-11)21-14(23)16(8-18)5-6-16/h2-4,7H,5-6H2,1H3,(H,20,22)(H,19,21,23). The van der Waals surface area contributed by atoms with Gasteiger partial charge in [-0.3, -0.25) is 9.59 Å². The van der Waals surface area contributed by atoms with Crippen LogP contribution < -0.4 is 10.6 Å². The van der Waals surface area contributed by atoms with E-state index < -0.39 is 5.41 Å². The highest BCUT2D eigenvalue weighted by Crippen LogP contribution is 2.45. The summed E-state index contributed by atoms with van der Waals surface area (Å²) in [7, 11) is 0. The molecule has 1 fully saturated rings. The Labute approximate surface area is 147 Å². The summed E-state index contributed by atoms with van der Waals surface area (Å²) in [5, 5.41) is 15.1. The van der Waals surface area contributed by atoms with E-state index in [9.17, 15) is 9.59 Å². The lowest BCUT2D eigenvalue weighted by Crippen LogP contribution is -2.22. The van der Waals surface area contributed by atoms with E-state index in [-0.39, 0.29) is 11.8 Å². The molecule has 122 valence electrons. The smallest absolute Gasteiger partial charge is 0.267 e. The molecule has 0 bridgehead atoms. The van der Waals surface area contributed by atoms with Gasteiger partial charge in [0.2, 0.25) is 5.91 Å². The molecule has 1 saturated carbocycles. The van der Waals surface area contributed by atoms with Crippen molar-refractivity contribution in [3.05, 3.63) is 39.9 Å². The predicted octanol–water partition coefficient (Wildman–Crippen LogP) is 3.60. The Bertz CT molecular complexity index is 847.